The smallest absolute Gasteiger partial charge is 0.0594 e. The van der Waals surface area contributed by atoms with Crippen molar-refractivity contribution >= 4 is 0 Å². The van der Waals surface area contributed by atoms with Gasteiger partial charge >= 0.3 is 0 Å². The minimum Gasteiger partial charge on any atom is -0.325 e. The normalized spacial score (nSPS) is 11.1. The van der Waals surface area contributed by atoms with Gasteiger partial charge in [0.1, 0.15) is 0 Å². The predicted molar refractivity (Wildman–Crippen MR) is 70.6 cm³/mol. The molecule has 0 spiro atoms. The topological polar surface area (TPSA) is 43.8 Å². The Hall–Kier alpha value is -1.61. The maximum Gasteiger partial charge on any atom is 0.0594 e. The summed E-state index contributed by atoms with van der Waals surface area (Å²) in [5.41, 5.74) is 10.5. The van der Waals surface area contributed by atoms with E-state index >= 15 is 0 Å². The van der Waals surface area contributed by atoms with Crippen LogP contribution in [0.3, 0.4) is 0 Å². The molecule has 2 aromatic rings. The van der Waals surface area contributed by atoms with Crippen molar-refractivity contribution in [3.63, 3.8) is 0 Å². The first-order valence-electron chi connectivity index (χ1n) is 5.94. The van der Waals surface area contributed by atoms with Crippen molar-refractivity contribution in [3.05, 3.63) is 41.7 Å². The van der Waals surface area contributed by atoms with Gasteiger partial charge in [-0.15, -0.1) is 0 Å². The van der Waals surface area contributed by atoms with Crippen LogP contribution in [0.5, 0.6) is 0 Å². The summed E-state index contributed by atoms with van der Waals surface area (Å²) in [4.78, 5) is 0. The average molecular weight is 229 g/mol. The molecule has 0 atom stereocenters. The highest BCUT2D eigenvalue weighted by Crippen LogP contribution is 2.25. The molecule has 1 heterocycles. The lowest BCUT2D eigenvalue weighted by Crippen LogP contribution is -2.05. The summed E-state index contributed by atoms with van der Waals surface area (Å²) < 4.78 is 1.84. The maximum absolute atomic E-state index is 5.75. The predicted octanol–water partition coefficient (Wildman–Crippen LogP) is 2.67. The summed E-state index contributed by atoms with van der Waals surface area (Å²) in [7, 11) is 1.92. The van der Waals surface area contributed by atoms with E-state index < -0.39 is 0 Å². The summed E-state index contributed by atoms with van der Waals surface area (Å²) in [6.07, 6.45) is 1.88. The van der Waals surface area contributed by atoms with Crippen molar-refractivity contribution in [1.29, 1.82) is 0 Å². The Morgan fingerprint density at radius 2 is 1.88 bits per heavy atom. The summed E-state index contributed by atoms with van der Waals surface area (Å²) in [6, 6.07) is 8.64. The van der Waals surface area contributed by atoms with Crippen LogP contribution >= 0.6 is 0 Å². The highest BCUT2D eigenvalue weighted by atomic mass is 15.3. The van der Waals surface area contributed by atoms with E-state index in [1.165, 1.54) is 11.1 Å². The Balaban J connectivity index is 2.39. The van der Waals surface area contributed by atoms with E-state index in [9.17, 15) is 0 Å². The van der Waals surface area contributed by atoms with E-state index in [1.807, 2.05) is 17.9 Å². The molecular formula is C14H19N3. The Labute approximate surface area is 102 Å². The first-order valence-corrected chi connectivity index (χ1v) is 5.94. The molecule has 1 aromatic heterocycles. The molecule has 0 amide bonds. The third-order valence-electron chi connectivity index (χ3n) is 3.14. The zero-order valence-electron chi connectivity index (χ0n) is 10.6. The van der Waals surface area contributed by atoms with E-state index in [0.29, 0.717) is 12.5 Å². The van der Waals surface area contributed by atoms with E-state index in [0.717, 1.165) is 11.3 Å². The van der Waals surface area contributed by atoms with Gasteiger partial charge in [0.05, 0.1) is 11.9 Å². The van der Waals surface area contributed by atoms with E-state index in [1.54, 1.807) is 0 Å². The van der Waals surface area contributed by atoms with Gasteiger partial charge in [-0.3, -0.25) is 4.68 Å². The second-order valence-electron chi connectivity index (χ2n) is 4.61. The first kappa shape index (κ1) is 11.9. The standard InChI is InChI=1S/C14H19N3/c1-10(2)11-4-6-12(7-5-11)13-9-16-17(3)14(13)8-15/h4-7,9-10H,8,15H2,1-3H3. The SMILES string of the molecule is CC(C)c1ccc(-c2cnn(C)c2CN)cc1. The van der Waals surface area contributed by atoms with Crippen molar-refractivity contribution in [1.82, 2.24) is 9.78 Å². The Morgan fingerprint density at radius 3 is 2.41 bits per heavy atom. The quantitative estimate of drug-likeness (QED) is 0.879. The Bertz CT molecular complexity index is 495. The first-order chi connectivity index (χ1) is 8.13. The molecular weight excluding hydrogens is 210 g/mol. The van der Waals surface area contributed by atoms with Crippen molar-refractivity contribution in [2.75, 3.05) is 0 Å². The molecule has 1 aromatic carbocycles. The highest BCUT2D eigenvalue weighted by molar-refractivity contribution is 5.65. The molecule has 17 heavy (non-hydrogen) atoms. The summed E-state index contributed by atoms with van der Waals surface area (Å²) in [6.45, 7) is 4.91. The van der Waals surface area contributed by atoms with Crippen molar-refractivity contribution in [2.45, 2.75) is 26.3 Å². The molecule has 0 fully saturated rings. The van der Waals surface area contributed by atoms with Crippen LogP contribution in [-0.2, 0) is 13.6 Å². The summed E-state index contributed by atoms with van der Waals surface area (Å²) in [5, 5.41) is 4.26. The molecule has 0 saturated heterocycles. The molecule has 0 bridgehead atoms. The second kappa shape index (κ2) is 4.72. The summed E-state index contributed by atoms with van der Waals surface area (Å²) >= 11 is 0. The van der Waals surface area contributed by atoms with Crippen LogP contribution in [-0.4, -0.2) is 9.78 Å². The fourth-order valence-corrected chi connectivity index (χ4v) is 1.99. The highest BCUT2D eigenvalue weighted by Gasteiger charge is 2.09. The van der Waals surface area contributed by atoms with Crippen LogP contribution < -0.4 is 5.73 Å². The van der Waals surface area contributed by atoms with Crippen LogP contribution in [0, 0.1) is 0 Å². The van der Waals surface area contributed by atoms with Gasteiger partial charge in [-0.2, -0.15) is 5.10 Å². The Morgan fingerprint density at radius 1 is 1.24 bits per heavy atom. The molecule has 0 aliphatic carbocycles. The number of aryl methyl sites for hydroxylation is 1. The number of aromatic nitrogens is 2. The minimum atomic E-state index is 0.512. The number of nitrogens with zero attached hydrogens (tertiary/aromatic N) is 2. The minimum absolute atomic E-state index is 0.512. The fraction of sp³-hybridized carbons (Fsp3) is 0.357. The molecule has 3 heteroatoms. The zero-order valence-corrected chi connectivity index (χ0v) is 10.6. The van der Waals surface area contributed by atoms with Crippen LogP contribution in [0.15, 0.2) is 30.5 Å². The van der Waals surface area contributed by atoms with E-state index in [2.05, 4.69) is 43.2 Å². The van der Waals surface area contributed by atoms with Crippen LogP contribution in [0.2, 0.25) is 0 Å². The molecule has 0 aliphatic rings. The summed E-state index contributed by atoms with van der Waals surface area (Å²) in [5.74, 6) is 0.562. The van der Waals surface area contributed by atoms with Gasteiger partial charge < -0.3 is 5.73 Å². The van der Waals surface area contributed by atoms with Gasteiger partial charge in [0.15, 0.2) is 0 Å². The molecule has 2 N–H and O–H groups in total. The lowest BCUT2D eigenvalue weighted by atomic mass is 9.99. The fourth-order valence-electron chi connectivity index (χ4n) is 1.99. The molecule has 0 unspecified atom stereocenters. The van der Waals surface area contributed by atoms with Gasteiger partial charge in [-0.25, -0.2) is 0 Å². The number of nitrogens with two attached hydrogens (primary N) is 1. The third-order valence-corrected chi connectivity index (χ3v) is 3.14. The average Bonchev–Trinajstić information content (AvgIpc) is 2.70. The molecule has 3 nitrogen and oxygen atoms in total. The monoisotopic (exact) mass is 229 g/mol. The van der Waals surface area contributed by atoms with Gasteiger partial charge in [0, 0.05) is 19.2 Å². The molecule has 2 rings (SSSR count). The number of benzene rings is 1. The molecule has 90 valence electrons. The van der Waals surface area contributed by atoms with Crippen LogP contribution in [0.4, 0.5) is 0 Å². The van der Waals surface area contributed by atoms with Crippen LogP contribution in [0.25, 0.3) is 11.1 Å². The van der Waals surface area contributed by atoms with Crippen molar-refractivity contribution in [3.8, 4) is 11.1 Å². The van der Waals surface area contributed by atoms with Gasteiger partial charge in [-0.05, 0) is 17.0 Å². The number of hydrogen-bond acceptors (Lipinski definition) is 2. The lowest BCUT2D eigenvalue weighted by molar-refractivity contribution is 0.713. The maximum atomic E-state index is 5.75. The van der Waals surface area contributed by atoms with Crippen LogP contribution in [0.1, 0.15) is 31.0 Å². The molecule has 0 radical (unpaired) electrons. The lowest BCUT2D eigenvalue weighted by Gasteiger charge is -2.07. The Kier molecular flexibility index (Phi) is 3.29. The second-order valence-corrected chi connectivity index (χ2v) is 4.61. The van der Waals surface area contributed by atoms with E-state index in [4.69, 9.17) is 5.73 Å². The third kappa shape index (κ3) is 2.24. The van der Waals surface area contributed by atoms with Crippen molar-refractivity contribution in [2.24, 2.45) is 12.8 Å². The number of hydrogen-bond donors (Lipinski definition) is 1. The van der Waals surface area contributed by atoms with Gasteiger partial charge in [0.25, 0.3) is 0 Å². The van der Waals surface area contributed by atoms with Gasteiger partial charge in [0.2, 0.25) is 0 Å². The largest absolute Gasteiger partial charge is 0.325 e. The zero-order chi connectivity index (χ0) is 12.4. The molecule has 0 saturated carbocycles. The number of rotatable bonds is 3. The van der Waals surface area contributed by atoms with Gasteiger partial charge in [-0.1, -0.05) is 38.1 Å². The van der Waals surface area contributed by atoms with E-state index in [-0.39, 0.29) is 0 Å². The van der Waals surface area contributed by atoms with Crippen molar-refractivity contribution < 1.29 is 0 Å². The molecule has 0 aliphatic heterocycles.